The zero-order valence-corrected chi connectivity index (χ0v) is 8.03. The number of aryl methyl sites for hydroxylation is 1. The molecule has 0 aliphatic heterocycles. The maximum Gasteiger partial charge on any atom is 0.145 e. The Morgan fingerprint density at radius 2 is 2.46 bits per heavy atom. The molecule has 0 bridgehead atoms. The van der Waals surface area contributed by atoms with Crippen molar-refractivity contribution in [2.75, 3.05) is 5.32 Å². The van der Waals surface area contributed by atoms with Crippen LogP contribution in [0.1, 0.15) is 32.6 Å². The third-order valence-electron chi connectivity index (χ3n) is 2.51. The van der Waals surface area contributed by atoms with Gasteiger partial charge < -0.3 is 5.32 Å². The minimum Gasteiger partial charge on any atom is -0.366 e. The normalized spacial score (nSPS) is 17.0. The molecule has 1 aliphatic rings. The lowest BCUT2D eigenvalue weighted by Crippen LogP contribution is -2.28. The monoisotopic (exact) mass is 180 g/mol. The van der Waals surface area contributed by atoms with Gasteiger partial charge in [-0.05, 0) is 25.7 Å². The fourth-order valence-corrected chi connectivity index (χ4v) is 1.51. The average molecular weight is 180 g/mol. The summed E-state index contributed by atoms with van der Waals surface area (Å²) in [5.74, 6) is 1.08. The van der Waals surface area contributed by atoms with Gasteiger partial charge in [0.05, 0.1) is 6.20 Å². The molecule has 1 fully saturated rings. The highest BCUT2D eigenvalue weighted by Gasteiger charge is 2.18. The average Bonchev–Trinajstić information content (AvgIpc) is 2.46. The lowest BCUT2D eigenvalue weighted by molar-refractivity contribution is 0.440. The SMILES string of the molecule is CCCn1nncc1NC1CCC1. The van der Waals surface area contributed by atoms with Crippen LogP contribution in [0.3, 0.4) is 0 Å². The Bertz CT molecular complexity index is 264. The van der Waals surface area contributed by atoms with Crippen molar-refractivity contribution in [2.45, 2.75) is 45.2 Å². The second-order valence-electron chi connectivity index (χ2n) is 3.61. The molecule has 2 rings (SSSR count). The summed E-state index contributed by atoms with van der Waals surface area (Å²) in [6, 6.07) is 0.661. The van der Waals surface area contributed by atoms with Gasteiger partial charge in [0.15, 0.2) is 0 Å². The van der Waals surface area contributed by atoms with Gasteiger partial charge in [-0.25, -0.2) is 4.68 Å². The molecule has 0 spiro atoms. The Kier molecular flexibility index (Phi) is 2.47. The van der Waals surface area contributed by atoms with Crippen LogP contribution in [0.2, 0.25) is 0 Å². The fourth-order valence-electron chi connectivity index (χ4n) is 1.51. The second kappa shape index (κ2) is 3.77. The molecule has 1 aromatic heterocycles. The third kappa shape index (κ3) is 1.82. The summed E-state index contributed by atoms with van der Waals surface area (Å²) in [6.45, 7) is 3.10. The Balaban J connectivity index is 1.96. The van der Waals surface area contributed by atoms with E-state index in [1.165, 1.54) is 19.3 Å². The number of hydrogen-bond acceptors (Lipinski definition) is 3. The number of nitrogens with zero attached hydrogens (tertiary/aromatic N) is 3. The zero-order chi connectivity index (χ0) is 9.10. The van der Waals surface area contributed by atoms with Crippen LogP contribution in [0.15, 0.2) is 6.20 Å². The molecular formula is C9H16N4. The standard InChI is InChI=1S/C9H16N4/c1-2-6-13-9(7-10-12-13)11-8-4-3-5-8/h7-8,11H,2-6H2,1H3. The summed E-state index contributed by atoms with van der Waals surface area (Å²) >= 11 is 0. The summed E-state index contributed by atoms with van der Waals surface area (Å²) < 4.78 is 1.94. The van der Waals surface area contributed by atoms with Crippen LogP contribution < -0.4 is 5.32 Å². The molecule has 1 aromatic rings. The Hall–Kier alpha value is -1.06. The van der Waals surface area contributed by atoms with Crippen molar-refractivity contribution < 1.29 is 0 Å². The molecule has 0 radical (unpaired) electrons. The summed E-state index contributed by atoms with van der Waals surface area (Å²) in [5, 5.41) is 11.4. The first-order valence-corrected chi connectivity index (χ1v) is 5.05. The van der Waals surface area contributed by atoms with E-state index in [9.17, 15) is 0 Å². The van der Waals surface area contributed by atoms with Gasteiger partial charge in [0.25, 0.3) is 0 Å². The molecular weight excluding hydrogens is 164 g/mol. The van der Waals surface area contributed by atoms with Gasteiger partial charge in [-0.2, -0.15) is 0 Å². The molecule has 4 heteroatoms. The van der Waals surface area contributed by atoms with E-state index in [1.54, 1.807) is 0 Å². The molecule has 0 unspecified atom stereocenters. The summed E-state index contributed by atoms with van der Waals surface area (Å²) in [5.41, 5.74) is 0. The molecule has 4 nitrogen and oxygen atoms in total. The predicted octanol–water partition coefficient (Wildman–Crippen LogP) is 1.65. The molecule has 0 atom stereocenters. The third-order valence-corrected chi connectivity index (χ3v) is 2.51. The Morgan fingerprint density at radius 1 is 1.62 bits per heavy atom. The first-order chi connectivity index (χ1) is 6.40. The van der Waals surface area contributed by atoms with Crippen LogP contribution in [0.25, 0.3) is 0 Å². The smallest absolute Gasteiger partial charge is 0.145 e. The van der Waals surface area contributed by atoms with Gasteiger partial charge >= 0.3 is 0 Å². The van der Waals surface area contributed by atoms with Crippen molar-refractivity contribution in [1.29, 1.82) is 0 Å². The second-order valence-corrected chi connectivity index (χ2v) is 3.61. The Labute approximate surface area is 78.3 Å². The number of nitrogens with one attached hydrogen (secondary N) is 1. The van der Waals surface area contributed by atoms with E-state index in [-0.39, 0.29) is 0 Å². The van der Waals surface area contributed by atoms with Crippen LogP contribution in [0, 0.1) is 0 Å². The van der Waals surface area contributed by atoms with E-state index in [2.05, 4.69) is 22.6 Å². The highest BCUT2D eigenvalue weighted by atomic mass is 15.5. The number of rotatable bonds is 4. The van der Waals surface area contributed by atoms with Crippen molar-refractivity contribution in [3.8, 4) is 0 Å². The molecule has 1 saturated carbocycles. The van der Waals surface area contributed by atoms with E-state index in [0.717, 1.165) is 18.8 Å². The number of aromatic nitrogens is 3. The van der Waals surface area contributed by atoms with Gasteiger partial charge in [-0.1, -0.05) is 12.1 Å². The van der Waals surface area contributed by atoms with Crippen molar-refractivity contribution in [2.24, 2.45) is 0 Å². The quantitative estimate of drug-likeness (QED) is 0.766. The van der Waals surface area contributed by atoms with E-state index < -0.39 is 0 Å². The van der Waals surface area contributed by atoms with Crippen molar-refractivity contribution in [3.05, 3.63) is 6.20 Å². The molecule has 72 valence electrons. The lowest BCUT2D eigenvalue weighted by Gasteiger charge is -2.27. The topological polar surface area (TPSA) is 42.7 Å². The van der Waals surface area contributed by atoms with Crippen LogP contribution in [0.4, 0.5) is 5.82 Å². The van der Waals surface area contributed by atoms with E-state index in [1.807, 2.05) is 10.9 Å². The van der Waals surface area contributed by atoms with Crippen LogP contribution in [-0.2, 0) is 6.54 Å². The van der Waals surface area contributed by atoms with Crippen LogP contribution in [0.5, 0.6) is 0 Å². The largest absolute Gasteiger partial charge is 0.366 e. The van der Waals surface area contributed by atoms with E-state index in [0.29, 0.717) is 6.04 Å². The van der Waals surface area contributed by atoms with Gasteiger partial charge in [0.1, 0.15) is 5.82 Å². The summed E-state index contributed by atoms with van der Waals surface area (Å²) in [6.07, 6.45) is 6.85. The number of hydrogen-bond donors (Lipinski definition) is 1. The van der Waals surface area contributed by atoms with Gasteiger partial charge in [0.2, 0.25) is 0 Å². The van der Waals surface area contributed by atoms with Crippen LogP contribution >= 0.6 is 0 Å². The maximum atomic E-state index is 4.02. The highest BCUT2D eigenvalue weighted by molar-refractivity contribution is 5.33. The molecule has 1 heterocycles. The van der Waals surface area contributed by atoms with Crippen molar-refractivity contribution in [1.82, 2.24) is 15.0 Å². The molecule has 0 aromatic carbocycles. The first-order valence-electron chi connectivity index (χ1n) is 5.05. The summed E-state index contributed by atoms with van der Waals surface area (Å²) in [4.78, 5) is 0. The highest BCUT2D eigenvalue weighted by Crippen LogP contribution is 2.22. The van der Waals surface area contributed by atoms with E-state index >= 15 is 0 Å². The summed E-state index contributed by atoms with van der Waals surface area (Å²) in [7, 11) is 0. The van der Waals surface area contributed by atoms with Gasteiger partial charge in [-0.15, -0.1) is 5.10 Å². The maximum absolute atomic E-state index is 4.02. The minimum absolute atomic E-state index is 0.661. The minimum atomic E-state index is 0.661. The van der Waals surface area contributed by atoms with Gasteiger partial charge in [-0.3, -0.25) is 0 Å². The molecule has 0 saturated heterocycles. The number of anilines is 1. The van der Waals surface area contributed by atoms with Gasteiger partial charge in [0, 0.05) is 12.6 Å². The predicted molar refractivity (Wildman–Crippen MR) is 51.6 cm³/mol. The molecule has 1 aliphatic carbocycles. The molecule has 1 N–H and O–H groups in total. The molecule has 0 amide bonds. The van der Waals surface area contributed by atoms with Crippen molar-refractivity contribution >= 4 is 5.82 Å². The van der Waals surface area contributed by atoms with Crippen LogP contribution in [-0.4, -0.2) is 21.0 Å². The van der Waals surface area contributed by atoms with Crippen molar-refractivity contribution in [3.63, 3.8) is 0 Å². The molecule has 13 heavy (non-hydrogen) atoms. The van der Waals surface area contributed by atoms with E-state index in [4.69, 9.17) is 0 Å². The lowest BCUT2D eigenvalue weighted by atomic mass is 9.93. The zero-order valence-electron chi connectivity index (χ0n) is 8.03. The Morgan fingerprint density at radius 3 is 3.08 bits per heavy atom. The fraction of sp³-hybridized carbons (Fsp3) is 0.778. The first kappa shape index (κ1) is 8.53.